The largest absolute Gasteiger partial charge is 0.285 e. The Morgan fingerprint density at radius 3 is 2.71 bits per heavy atom. The monoisotopic (exact) mass is 410 g/mol. The van der Waals surface area contributed by atoms with E-state index in [0.29, 0.717) is 6.04 Å². The predicted molar refractivity (Wildman–Crippen MR) is 119 cm³/mol. The molecular formula is C25H26N6. The first kappa shape index (κ1) is 18.6. The number of hydrogen-bond donors (Lipinski definition) is 0. The first-order chi connectivity index (χ1) is 15.4. The van der Waals surface area contributed by atoms with Crippen molar-refractivity contribution in [2.45, 2.75) is 50.7 Å². The molecule has 0 radical (unpaired) electrons. The second-order valence-electron chi connectivity index (χ2n) is 8.77. The van der Waals surface area contributed by atoms with Gasteiger partial charge in [-0.3, -0.25) is 9.88 Å². The van der Waals surface area contributed by atoms with Gasteiger partial charge in [-0.25, -0.2) is 4.68 Å². The molecular weight excluding hydrogens is 384 g/mol. The van der Waals surface area contributed by atoms with E-state index in [4.69, 9.17) is 0 Å². The molecule has 1 atom stereocenters. The minimum absolute atomic E-state index is 0.0218. The van der Waals surface area contributed by atoms with E-state index in [1.807, 2.05) is 12.3 Å². The standard InChI is InChI=1S/C25H26N6/c1-2-7-21-17-30(15-13-18(21)6-1)24(20-11-12-23-19(16-20)8-5-14-26-23)25-27-28-29-31(25)22-9-3-4-10-22/h1-2,5-8,11-12,14,16,22,24H,3-4,9-10,13,15,17H2/t24-/m0/s1. The SMILES string of the molecule is c1ccc2c(c1)CCN([C@@H](c1ccc3ncccc3c1)c1nnnn1C1CCCC1)C2. The molecule has 31 heavy (non-hydrogen) atoms. The molecule has 1 saturated carbocycles. The quantitative estimate of drug-likeness (QED) is 0.496. The highest BCUT2D eigenvalue weighted by atomic mass is 15.6. The zero-order chi connectivity index (χ0) is 20.6. The Kier molecular flexibility index (Phi) is 4.72. The third kappa shape index (κ3) is 3.41. The highest BCUT2D eigenvalue weighted by Crippen LogP contribution is 2.36. The van der Waals surface area contributed by atoms with Crippen LogP contribution in [0.25, 0.3) is 10.9 Å². The number of fused-ring (bicyclic) bond motifs is 2. The first-order valence-electron chi connectivity index (χ1n) is 11.3. The minimum Gasteiger partial charge on any atom is -0.285 e. The van der Waals surface area contributed by atoms with E-state index in [9.17, 15) is 0 Å². The molecule has 2 aliphatic rings. The summed E-state index contributed by atoms with van der Waals surface area (Å²) in [6, 6.07) is 19.9. The van der Waals surface area contributed by atoms with E-state index in [2.05, 4.69) is 78.6 Å². The Bertz CT molecular complexity index is 1210. The molecule has 0 unspecified atom stereocenters. The van der Waals surface area contributed by atoms with Gasteiger partial charge in [-0.15, -0.1) is 5.10 Å². The zero-order valence-corrected chi connectivity index (χ0v) is 17.6. The minimum atomic E-state index is 0.0218. The van der Waals surface area contributed by atoms with E-state index in [0.717, 1.165) is 49.1 Å². The van der Waals surface area contributed by atoms with E-state index in [-0.39, 0.29) is 6.04 Å². The molecule has 4 aromatic rings. The van der Waals surface area contributed by atoms with Gasteiger partial charge in [0.1, 0.15) is 0 Å². The summed E-state index contributed by atoms with van der Waals surface area (Å²) >= 11 is 0. The molecule has 0 saturated heterocycles. The smallest absolute Gasteiger partial charge is 0.173 e. The molecule has 2 aromatic carbocycles. The van der Waals surface area contributed by atoms with Crippen molar-refractivity contribution < 1.29 is 0 Å². The molecule has 6 nitrogen and oxygen atoms in total. The fourth-order valence-electron chi connectivity index (χ4n) is 5.31. The molecule has 1 aliphatic carbocycles. The van der Waals surface area contributed by atoms with Gasteiger partial charge in [-0.2, -0.15) is 0 Å². The number of nitrogens with zero attached hydrogens (tertiary/aromatic N) is 6. The highest BCUT2D eigenvalue weighted by molar-refractivity contribution is 5.79. The lowest BCUT2D eigenvalue weighted by Gasteiger charge is -2.35. The van der Waals surface area contributed by atoms with E-state index < -0.39 is 0 Å². The van der Waals surface area contributed by atoms with Gasteiger partial charge in [0.05, 0.1) is 17.6 Å². The maximum atomic E-state index is 4.59. The topological polar surface area (TPSA) is 59.7 Å². The number of benzene rings is 2. The van der Waals surface area contributed by atoms with Crippen LogP contribution in [0.1, 0.15) is 60.3 Å². The van der Waals surface area contributed by atoms with Crippen LogP contribution in [0, 0.1) is 0 Å². The summed E-state index contributed by atoms with van der Waals surface area (Å²) in [4.78, 5) is 7.05. The highest BCUT2D eigenvalue weighted by Gasteiger charge is 2.33. The van der Waals surface area contributed by atoms with Gasteiger partial charge in [0, 0.05) is 24.7 Å². The lowest BCUT2D eigenvalue weighted by molar-refractivity contribution is 0.192. The Labute approximate surface area is 181 Å². The number of rotatable bonds is 4. The lowest BCUT2D eigenvalue weighted by atomic mass is 9.95. The van der Waals surface area contributed by atoms with Crippen LogP contribution < -0.4 is 0 Å². The summed E-state index contributed by atoms with van der Waals surface area (Å²) in [6.07, 6.45) is 7.74. The molecule has 156 valence electrons. The summed E-state index contributed by atoms with van der Waals surface area (Å²) in [5.74, 6) is 0.967. The molecule has 0 bridgehead atoms. The number of pyridine rings is 1. The molecule has 1 aliphatic heterocycles. The normalized spacial score (nSPS) is 18.3. The Morgan fingerprint density at radius 1 is 0.935 bits per heavy atom. The Hall–Kier alpha value is -3.12. The summed E-state index contributed by atoms with van der Waals surface area (Å²) in [6.45, 7) is 1.90. The van der Waals surface area contributed by atoms with E-state index in [1.54, 1.807) is 0 Å². The first-order valence-corrected chi connectivity index (χ1v) is 11.3. The second-order valence-corrected chi connectivity index (χ2v) is 8.77. The van der Waals surface area contributed by atoms with Crippen molar-refractivity contribution in [3.8, 4) is 0 Å². The summed E-state index contributed by atoms with van der Waals surface area (Å²) in [5, 5.41) is 14.3. The summed E-state index contributed by atoms with van der Waals surface area (Å²) in [5.41, 5.74) is 5.11. The van der Waals surface area contributed by atoms with Crippen LogP contribution in [0.3, 0.4) is 0 Å². The maximum Gasteiger partial charge on any atom is 0.173 e. The third-order valence-electron chi connectivity index (χ3n) is 6.90. The van der Waals surface area contributed by atoms with Gasteiger partial charge < -0.3 is 0 Å². The predicted octanol–water partition coefficient (Wildman–Crippen LogP) is 4.48. The van der Waals surface area contributed by atoms with Crippen LogP contribution in [-0.2, 0) is 13.0 Å². The van der Waals surface area contributed by atoms with Crippen molar-refractivity contribution in [3.63, 3.8) is 0 Å². The van der Waals surface area contributed by atoms with E-state index >= 15 is 0 Å². The van der Waals surface area contributed by atoms with Gasteiger partial charge in [0.2, 0.25) is 0 Å². The molecule has 0 spiro atoms. The fourth-order valence-corrected chi connectivity index (χ4v) is 5.31. The Balaban J connectivity index is 1.46. The number of tetrazole rings is 1. The summed E-state index contributed by atoms with van der Waals surface area (Å²) < 4.78 is 2.12. The van der Waals surface area contributed by atoms with Crippen molar-refractivity contribution >= 4 is 10.9 Å². The van der Waals surface area contributed by atoms with Crippen molar-refractivity contribution in [3.05, 3.63) is 83.3 Å². The van der Waals surface area contributed by atoms with Crippen molar-refractivity contribution in [2.24, 2.45) is 0 Å². The van der Waals surface area contributed by atoms with Crippen LogP contribution in [-0.4, -0.2) is 36.6 Å². The van der Waals surface area contributed by atoms with Crippen LogP contribution >= 0.6 is 0 Å². The van der Waals surface area contributed by atoms with Gasteiger partial charge in [0.25, 0.3) is 0 Å². The van der Waals surface area contributed by atoms with Crippen molar-refractivity contribution in [1.29, 1.82) is 0 Å². The average Bonchev–Trinajstić information content (AvgIpc) is 3.51. The van der Waals surface area contributed by atoms with Gasteiger partial charge in [0.15, 0.2) is 5.82 Å². The van der Waals surface area contributed by atoms with Crippen LogP contribution in [0.4, 0.5) is 0 Å². The van der Waals surface area contributed by atoms with Crippen LogP contribution in [0.15, 0.2) is 60.8 Å². The van der Waals surface area contributed by atoms with Gasteiger partial charge in [-0.05, 0) is 64.6 Å². The molecule has 0 amide bonds. The third-order valence-corrected chi connectivity index (χ3v) is 6.90. The molecule has 0 N–H and O–H groups in total. The van der Waals surface area contributed by atoms with Crippen molar-refractivity contribution in [2.75, 3.05) is 6.54 Å². The van der Waals surface area contributed by atoms with Crippen LogP contribution in [0.5, 0.6) is 0 Å². The van der Waals surface area contributed by atoms with Gasteiger partial charge in [-0.1, -0.05) is 49.2 Å². The fraction of sp³-hybridized carbons (Fsp3) is 0.360. The second kappa shape index (κ2) is 7.85. The molecule has 2 aromatic heterocycles. The number of hydrogen-bond acceptors (Lipinski definition) is 5. The molecule has 1 fully saturated rings. The summed E-state index contributed by atoms with van der Waals surface area (Å²) in [7, 11) is 0. The Morgan fingerprint density at radius 2 is 1.81 bits per heavy atom. The van der Waals surface area contributed by atoms with Gasteiger partial charge >= 0.3 is 0 Å². The molecule has 6 heteroatoms. The molecule has 6 rings (SSSR count). The molecule has 3 heterocycles. The van der Waals surface area contributed by atoms with Crippen LogP contribution in [0.2, 0.25) is 0 Å². The lowest BCUT2D eigenvalue weighted by Crippen LogP contribution is -2.36. The number of aromatic nitrogens is 5. The van der Waals surface area contributed by atoms with E-state index in [1.165, 1.54) is 29.5 Å². The van der Waals surface area contributed by atoms with Crippen molar-refractivity contribution in [1.82, 2.24) is 30.1 Å². The average molecular weight is 411 g/mol. The maximum absolute atomic E-state index is 4.59. The zero-order valence-electron chi connectivity index (χ0n) is 17.6.